The van der Waals surface area contributed by atoms with Gasteiger partial charge in [-0.25, -0.2) is 9.78 Å². The van der Waals surface area contributed by atoms with Crippen molar-refractivity contribution in [3.63, 3.8) is 0 Å². The van der Waals surface area contributed by atoms with E-state index >= 15 is 0 Å². The van der Waals surface area contributed by atoms with Crippen LogP contribution in [-0.4, -0.2) is 53.5 Å². The first-order valence-corrected chi connectivity index (χ1v) is 11.4. The number of likely N-dealkylation sites (tertiary alicyclic amines) is 1. The number of anilines is 3. The second-order valence-electron chi connectivity index (χ2n) is 8.83. The maximum absolute atomic E-state index is 13.2. The van der Waals surface area contributed by atoms with E-state index in [0.717, 1.165) is 48.7 Å². The number of carbonyl (C=O) groups is 1. The second kappa shape index (κ2) is 8.68. The highest BCUT2D eigenvalue weighted by Crippen LogP contribution is 2.36. The van der Waals surface area contributed by atoms with Crippen LogP contribution in [0.25, 0.3) is 0 Å². The highest BCUT2D eigenvalue weighted by Gasteiger charge is 2.45. The summed E-state index contributed by atoms with van der Waals surface area (Å²) in [6, 6.07) is 11.6. The smallest absolute Gasteiger partial charge is 0.321 e. The molecule has 1 aliphatic carbocycles. The summed E-state index contributed by atoms with van der Waals surface area (Å²) in [4.78, 5) is 24.7. The maximum Gasteiger partial charge on any atom is 0.321 e. The van der Waals surface area contributed by atoms with E-state index in [1.165, 1.54) is 12.8 Å². The quantitative estimate of drug-likeness (QED) is 0.669. The lowest BCUT2D eigenvalue weighted by Crippen LogP contribution is -2.63. The molecule has 0 bridgehead atoms. The van der Waals surface area contributed by atoms with Gasteiger partial charge < -0.3 is 25.6 Å². The average Bonchev–Trinajstić information content (AvgIpc) is 3.33. The van der Waals surface area contributed by atoms with Gasteiger partial charge in [0, 0.05) is 24.5 Å². The van der Waals surface area contributed by atoms with E-state index in [9.17, 15) is 4.79 Å². The van der Waals surface area contributed by atoms with E-state index in [2.05, 4.69) is 20.9 Å². The Morgan fingerprint density at radius 1 is 1.25 bits per heavy atom. The van der Waals surface area contributed by atoms with E-state index in [1.54, 1.807) is 13.3 Å². The zero-order valence-corrected chi connectivity index (χ0v) is 18.4. The summed E-state index contributed by atoms with van der Waals surface area (Å²) >= 11 is 0. The summed E-state index contributed by atoms with van der Waals surface area (Å²) < 4.78 is 5.28. The van der Waals surface area contributed by atoms with Crippen molar-refractivity contribution in [3.05, 3.63) is 42.6 Å². The van der Waals surface area contributed by atoms with Crippen LogP contribution in [0.3, 0.4) is 0 Å². The molecule has 1 spiro atoms. The third kappa shape index (κ3) is 4.09. The Hall–Kier alpha value is -3.29. The number of methoxy groups -OCH3 is 1. The van der Waals surface area contributed by atoms with Crippen LogP contribution in [0.15, 0.2) is 47.6 Å². The molecule has 1 atom stereocenters. The minimum atomic E-state index is -0.442. The van der Waals surface area contributed by atoms with Crippen molar-refractivity contribution in [1.29, 1.82) is 0 Å². The topological polar surface area (TPSA) is 90.9 Å². The summed E-state index contributed by atoms with van der Waals surface area (Å²) in [7, 11) is 1.62. The van der Waals surface area contributed by atoms with Gasteiger partial charge in [0.1, 0.15) is 17.1 Å². The number of amidine groups is 1. The van der Waals surface area contributed by atoms with Crippen LogP contribution < -0.4 is 20.7 Å². The van der Waals surface area contributed by atoms with Gasteiger partial charge in [-0.05, 0) is 49.9 Å². The van der Waals surface area contributed by atoms with Gasteiger partial charge in [-0.2, -0.15) is 0 Å². The molecule has 1 saturated carbocycles. The molecule has 2 fully saturated rings. The number of nitrogens with one attached hydrogen (secondary N) is 3. The molecule has 3 N–H and O–H groups in total. The van der Waals surface area contributed by atoms with Crippen LogP contribution in [0.5, 0.6) is 5.75 Å². The van der Waals surface area contributed by atoms with Crippen molar-refractivity contribution < 1.29 is 9.53 Å². The fourth-order valence-corrected chi connectivity index (χ4v) is 4.95. The number of amides is 2. The average molecular weight is 435 g/mol. The molecule has 2 aliphatic heterocycles. The summed E-state index contributed by atoms with van der Waals surface area (Å²) in [6.07, 6.45) is 8.28. The number of aromatic nitrogens is 1. The molecule has 2 aromatic rings. The number of rotatable bonds is 3. The van der Waals surface area contributed by atoms with Crippen molar-refractivity contribution in [1.82, 2.24) is 9.88 Å². The lowest BCUT2D eigenvalue weighted by molar-refractivity contribution is 0.187. The normalized spacial score (nSPS) is 24.0. The molecule has 3 heterocycles. The van der Waals surface area contributed by atoms with Crippen LogP contribution in [0.2, 0.25) is 0 Å². The van der Waals surface area contributed by atoms with E-state index in [4.69, 9.17) is 9.73 Å². The van der Waals surface area contributed by atoms with Crippen LogP contribution in [-0.2, 0) is 0 Å². The number of carbonyl (C=O) groups excluding carboxylic acids is 1. The van der Waals surface area contributed by atoms with Gasteiger partial charge in [-0.15, -0.1) is 0 Å². The zero-order valence-electron chi connectivity index (χ0n) is 18.4. The van der Waals surface area contributed by atoms with Crippen molar-refractivity contribution in [2.24, 2.45) is 4.99 Å². The lowest BCUT2D eigenvalue weighted by atomic mass is 9.85. The van der Waals surface area contributed by atoms with Gasteiger partial charge in [0.15, 0.2) is 5.82 Å². The maximum atomic E-state index is 13.2. The number of fused-ring (bicyclic) bond motifs is 1. The summed E-state index contributed by atoms with van der Waals surface area (Å²) in [5.41, 5.74) is 1.23. The van der Waals surface area contributed by atoms with Crippen LogP contribution >= 0.6 is 0 Å². The molecule has 3 aliphatic rings. The Morgan fingerprint density at radius 3 is 2.97 bits per heavy atom. The monoisotopic (exact) mass is 434 g/mol. The molecule has 1 aromatic heterocycles. The Bertz CT molecular complexity index is 1020. The lowest BCUT2D eigenvalue weighted by Gasteiger charge is -2.47. The standard InChI is InChI=1S/C24H30N6O2/c1-32-19-10-4-9-18(15-19)27-23(31)30-14-6-12-24(16-30)22(26-17-7-2-3-8-17)28-21-20(29-24)11-5-13-25-21/h4-5,9-11,13,15,17,29H,2-3,6-8,12,14,16H2,1H3,(H,27,31)(H,25,26,28). The van der Waals surface area contributed by atoms with Crippen molar-refractivity contribution in [2.45, 2.75) is 50.1 Å². The van der Waals surface area contributed by atoms with E-state index < -0.39 is 5.54 Å². The number of benzene rings is 1. The fourth-order valence-electron chi connectivity index (χ4n) is 4.95. The molecular weight excluding hydrogens is 404 g/mol. The predicted octanol–water partition coefficient (Wildman–Crippen LogP) is 4.34. The fraction of sp³-hybridized carbons (Fsp3) is 0.458. The Balaban J connectivity index is 1.40. The van der Waals surface area contributed by atoms with Crippen molar-refractivity contribution >= 4 is 29.1 Å². The number of hydrogen-bond donors (Lipinski definition) is 3. The number of aliphatic imine (C=N–C) groups is 1. The molecule has 168 valence electrons. The molecular formula is C24H30N6O2. The number of hydrogen-bond acceptors (Lipinski definition) is 5. The van der Waals surface area contributed by atoms with Crippen LogP contribution in [0.4, 0.5) is 22.0 Å². The Kier molecular flexibility index (Phi) is 5.59. The largest absolute Gasteiger partial charge is 0.497 e. The van der Waals surface area contributed by atoms with E-state index in [1.807, 2.05) is 41.3 Å². The number of nitrogens with zero attached hydrogens (tertiary/aromatic N) is 3. The van der Waals surface area contributed by atoms with Gasteiger partial charge in [-0.3, -0.25) is 4.99 Å². The van der Waals surface area contributed by atoms with E-state index in [0.29, 0.717) is 24.9 Å². The Labute approximate surface area is 188 Å². The molecule has 5 rings (SSSR count). The zero-order chi connectivity index (χ0) is 22.0. The highest BCUT2D eigenvalue weighted by atomic mass is 16.5. The van der Waals surface area contributed by atoms with Crippen LogP contribution in [0, 0.1) is 0 Å². The van der Waals surface area contributed by atoms with E-state index in [-0.39, 0.29) is 6.03 Å². The number of pyridine rings is 1. The molecule has 1 aromatic carbocycles. The first-order valence-electron chi connectivity index (χ1n) is 11.4. The SMILES string of the molecule is COc1cccc(NC(=O)N2CCCC3(C2)Nc2cccnc2NC3=NC2CCCC2)c1. The number of piperidine rings is 1. The molecule has 8 heteroatoms. The third-order valence-corrected chi connectivity index (χ3v) is 6.61. The molecule has 0 radical (unpaired) electrons. The van der Waals surface area contributed by atoms with Gasteiger partial charge >= 0.3 is 6.03 Å². The van der Waals surface area contributed by atoms with Crippen molar-refractivity contribution in [3.8, 4) is 5.75 Å². The highest BCUT2D eigenvalue weighted by molar-refractivity contribution is 6.09. The first-order chi connectivity index (χ1) is 15.6. The minimum absolute atomic E-state index is 0.115. The van der Waals surface area contributed by atoms with Gasteiger partial charge in [0.25, 0.3) is 0 Å². The molecule has 2 amide bonds. The molecule has 32 heavy (non-hydrogen) atoms. The summed E-state index contributed by atoms with van der Waals surface area (Å²) in [5, 5.41) is 10.2. The summed E-state index contributed by atoms with van der Waals surface area (Å²) in [6.45, 7) is 1.24. The second-order valence-corrected chi connectivity index (χ2v) is 8.83. The van der Waals surface area contributed by atoms with Gasteiger partial charge in [-0.1, -0.05) is 18.9 Å². The summed E-state index contributed by atoms with van der Waals surface area (Å²) in [5.74, 6) is 2.42. The number of urea groups is 1. The molecule has 8 nitrogen and oxygen atoms in total. The molecule has 1 unspecified atom stereocenters. The van der Waals surface area contributed by atoms with Gasteiger partial charge in [0.2, 0.25) is 0 Å². The Morgan fingerprint density at radius 2 is 2.12 bits per heavy atom. The molecule has 1 saturated heterocycles. The predicted molar refractivity (Wildman–Crippen MR) is 127 cm³/mol. The third-order valence-electron chi connectivity index (χ3n) is 6.61. The van der Waals surface area contributed by atoms with Gasteiger partial charge in [0.05, 0.1) is 25.4 Å². The minimum Gasteiger partial charge on any atom is -0.497 e. The first kappa shape index (κ1) is 20.6. The van der Waals surface area contributed by atoms with Crippen LogP contribution in [0.1, 0.15) is 38.5 Å². The van der Waals surface area contributed by atoms with Crippen molar-refractivity contribution in [2.75, 3.05) is 36.1 Å². The number of ether oxygens (including phenoxy) is 1.